The Morgan fingerprint density at radius 2 is 0.632 bits per heavy atom. The van der Waals surface area contributed by atoms with E-state index in [1.54, 1.807) is 0 Å². The van der Waals surface area contributed by atoms with Crippen LogP contribution in [0.1, 0.15) is 156 Å². The maximum atomic E-state index is 13.9. The van der Waals surface area contributed by atoms with Crippen LogP contribution in [-0.4, -0.2) is 295 Å². The second-order valence-corrected chi connectivity index (χ2v) is 32.9. The van der Waals surface area contributed by atoms with Gasteiger partial charge in [-0.2, -0.15) is 0 Å². The van der Waals surface area contributed by atoms with Gasteiger partial charge in [-0.25, -0.2) is 13.7 Å². The Labute approximate surface area is 614 Å². The van der Waals surface area contributed by atoms with Gasteiger partial charge in [0, 0.05) is 94.2 Å². The van der Waals surface area contributed by atoms with Gasteiger partial charge in [-0.15, -0.1) is 0 Å². The van der Waals surface area contributed by atoms with Crippen LogP contribution in [0, 0.1) is 16.2 Å². The lowest BCUT2D eigenvalue weighted by molar-refractivity contribution is -0.270. The number of unbranched alkanes of at least 4 members (excludes halogenated alkanes) is 3. The number of nitrogens with one attached hydrogen (secondary N) is 6. The molecule has 0 aromatic heterocycles. The second-order valence-electron chi connectivity index (χ2n) is 28.8. The highest BCUT2D eigenvalue weighted by molar-refractivity contribution is 7.47. The first-order chi connectivity index (χ1) is 50.0. The number of hydrogen-bond donors (Lipinski definition) is 20. The molecule has 3 aliphatic heterocycles. The zero-order valence-electron chi connectivity index (χ0n) is 60.0. The number of aliphatic hydroxyl groups excluding tert-OH is 10. The van der Waals surface area contributed by atoms with Crippen LogP contribution in [0.2, 0.25) is 0 Å². The SMILES string of the molecule is CC(=O)N[C@H]1[C@H](OCCCCC(=O)NC2CCC(CO)(COP(=O)(O)OCC3(COP(=O)(O)OCC4(COP(=O)(O)O)CCC(NC(=O)CCCCO[C@@H]5O[C@H](CO)[C@H](O)[C@H](O)[C@H]5NC(C)=O)CC4)CCC(NC(=O)CCCCO[C@@H]4O[C@H](CO)[C@H](O)[C@H](O)[C@H]4NC(C)=O)CC3)CC2)O[C@H](CO)[C@H](O)[C@@H]1O. The van der Waals surface area contributed by atoms with Gasteiger partial charge in [-0.1, -0.05) is 0 Å². The smallest absolute Gasteiger partial charge is 0.396 e. The van der Waals surface area contributed by atoms with E-state index < -0.39 is 221 Å². The van der Waals surface area contributed by atoms with Gasteiger partial charge in [0.25, 0.3) is 0 Å². The van der Waals surface area contributed by atoms with E-state index >= 15 is 0 Å². The minimum atomic E-state index is -5.14. The van der Waals surface area contributed by atoms with Crippen LogP contribution < -0.4 is 31.9 Å². The molecule has 6 aliphatic rings. The summed E-state index contributed by atoms with van der Waals surface area (Å²) in [5.74, 6) is -2.58. The molecule has 6 rings (SSSR count). The topological polar surface area (TPSA) is 611 Å². The van der Waals surface area contributed by atoms with Crippen LogP contribution in [0.25, 0.3) is 0 Å². The minimum absolute atomic E-state index is 0.00243. The third kappa shape index (κ3) is 29.2. The Morgan fingerprint density at radius 1 is 0.377 bits per heavy atom. The molecule has 6 amide bonds. The fourth-order valence-corrected chi connectivity index (χ4v) is 16.1. The van der Waals surface area contributed by atoms with E-state index in [1.165, 1.54) is 20.8 Å². The molecule has 2 unspecified atom stereocenters. The first-order valence-electron chi connectivity index (χ1n) is 35.9. The lowest BCUT2D eigenvalue weighted by Crippen LogP contribution is -2.64. The average molecular weight is 1590 g/mol. The first kappa shape index (κ1) is 91.4. The zero-order valence-corrected chi connectivity index (χ0v) is 62.7. The third-order valence-electron chi connectivity index (χ3n) is 20.2. The molecule has 20 N–H and O–H groups in total. The van der Waals surface area contributed by atoms with E-state index in [2.05, 4.69) is 31.9 Å². The molecule has 614 valence electrons. The van der Waals surface area contributed by atoms with Gasteiger partial charge in [0.2, 0.25) is 35.4 Å². The van der Waals surface area contributed by atoms with Crippen LogP contribution in [0.3, 0.4) is 0 Å². The number of phosphoric ester groups is 3. The number of amides is 6. The van der Waals surface area contributed by atoms with Crippen molar-refractivity contribution >= 4 is 58.9 Å². The van der Waals surface area contributed by atoms with Crippen molar-refractivity contribution in [3.63, 3.8) is 0 Å². The van der Waals surface area contributed by atoms with E-state index in [1.807, 2.05) is 0 Å². The summed E-state index contributed by atoms with van der Waals surface area (Å²) >= 11 is 0. The molecule has 6 fully saturated rings. The van der Waals surface area contributed by atoms with Crippen LogP contribution in [0.4, 0.5) is 0 Å². The van der Waals surface area contributed by atoms with Crippen molar-refractivity contribution in [2.75, 3.05) is 79.3 Å². The van der Waals surface area contributed by atoms with Gasteiger partial charge < -0.3 is 131 Å². The summed E-state index contributed by atoms with van der Waals surface area (Å²) in [6.07, 6.45) is -11.9. The molecule has 106 heavy (non-hydrogen) atoms. The maximum absolute atomic E-state index is 13.9. The molecular formula is C63H113N6O34P3. The van der Waals surface area contributed by atoms with Crippen molar-refractivity contribution in [3.05, 3.63) is 0 Å². The number of hydrogen-bond acceptors (Lipinski definition) is 30. The summed E-state index contributed by atoms with van der Waals surface area (Å²) in [7, 11) is -15.3. The summed E-state index contributed by atoms with van der Waals surface area (Å²) < 4.78 is 101. The summed E-state index contributed by atoms with van der Waals surface area (Å²) in [5.41, 5.74) is -3.69. The van der Waals surface area contributed by atoms with Crippen LogP contribution in [0.5, 0.6) is 0 Å². The molecule has 43 heteroatoms. The Hall–Kier alpha value is -3.49. The van der Waals surface area contributed by atoms with Gasteiger partial charge in [-0.3, -0.25) is 51.4 Å². The van der Waals surface area contributed by atoms with E-state index in [0.29, 0.717) is 51.4 Å². The maximum Gasteiger partial charge on any atom is 0.472 e. The minimum Gasteiger partial charge on any atom is -0.396 e. The molecule has 0 spiro atoms. The highest BCUT2D eigenvalue weighted by atomic mass is 31.2. The number of ether oxygens (including phenoxy) is 6. The fourth-order valence-electron chi connectivity index (χ4n) is 13.8. The number of rotatable bonds is 43. The molecule has 0 radical (unpaired) electrons. The van der Waals surface area contributed by atoms with Crippen molar-refractivity contribution in [1.82, 2.24) is 31.9 Å². The highest BCUT2D eigenvalue weighted by Gasteiger charge is 2.50. The number of aliphatic hydroxyl groups is 10. The van der Waals surface area contributed by atoms with Crippen LogP contribution >= 0.6 is 23.5 Å². The molecule has 0 aromatic carbocycles. The van der Waals surface area contributed by atoms with Gasteiger partial charge in [0.05, 0.1) is 59.5 Å². The number of carbonyl (C=O) groups excluding carboxylic acids is 6. The first-order valence-corrected chi connectivity index (χ1v) is 40.5. The largest absolute Gasteiger partial charge is 0.472 e. The molecule has 3 saturated carbocycles. The van der Waals surface area contributed by atoms with E-state index in [-0.39, 0.29) is 127 Å². The molecule has 17 atom stereocenters. The van der Waals surface area contributed by atoms with Crippen molar-refractivity contribution in [2.24, 2.45) is 16.2 Å². The summed E-state index contributed by atoms with van der Waals surface area (Å²) in [6, 6.07) is -4.69. The summed E-state index contributed by atoms with van der Waals surface area (Å²) in [6.45, 7) is -1.72. The summed E-state index contributed by atoms with van der Waals surface area (Å²) in [5, 5.41) is 118. The number of carbonyl (C=O) groups is 6. The van der Waals surface area contributed by atoms with Gasteiger partial charge in [0.15, 0.2) is 18.9 Å². The number of phosphoric acid groups is 3. The Kier molecular flexibility index (Phi) is 37.0. The highest BCUT2D eigenvalue weighted by Crippen LogP contribution is 2.54. The molecule has 0 aromatic rings. The quantitative estimate of drug-likeness (QED) is 0.0212. The standard InChI is InChI=1S/C63H113N6O34P3/c1-37(74)64-49-55(83)52(80)43(28-70)101-58(49)93-25-7-4-10-46(77)67-40-13-19-61(31-73,20-14-40)32-97-105(89,90)99-35-63(23-17-42(18-24-63)69-48(79)12-6-9-27-95-60-51(66-39(3)76)57(85)54(82)45(30-72)103-60)36-100-106(91,92)98-34-62(33-96-104(86,87)88)21-15-41(16-22-62)68-47(78)11-5-8-26-94-59-50(65-38(2)75)56(84)53(81)44(29-71)102-59/h40-45,49-60,70-73,80-85H,4-36H2,1-3H3,(H,64,74)(H,65,75)(H,66,76)(H,67,77)(H,68,78)(H,69,79)(H,89,90)(H,91,92)(H2,86,87,88)/t40?,41?,42?,43-,44-,45-,49-,50-,51-,52+,53+,54+,55-,56-,57-,58-,59-,60-,61?,62?,63?/m1/s1. The predicted molar refractivity (Wildman–Crippen MR) is 363 cm³/mol. The molecule has 3 saturated heterocycles. The monoisotopic (exact) mass is 1590 g/mol. The predicted octanol–water partition coefficient (Wildman–Crippen LogP) is -3.12. The Bertz CT molecular complexity index is 2910. The lowest BCUT2D eigenvalue weighted by atomic mass is 9.73. The molecule has 0 bridgehead atoms. The molecular weight excluding hydrogens is 1480 g/mol. The van der Waals surface area contributed by atoms with Crippen molar-refractivity contribution in [2.45, 2.75) is 266 Å². The van der Waals surface area contributed by atoms with Crippen LogP contribution in [-0.2, 0) is 93.5 Å². The van der Waals surface area contributed by atoms with E-state index in [9.17, 15) is 113 Å². The molecule has 3 heterocycles. The van der Waals surface area contributed by atoms with Crippen LogP contribution in [0.15, 0.2) is 0 Å². The van der Waals surface area contributed by atoms with E-state index in [0.717, 1.165) is 0 Å². The average Bonchev–Trinajstić information content (AvgIpc) is 0.818. The lowest BCUT2D eigenvalue weighted by Gasteiger charge is -2.42. The third-order valence-corrected chi connectivity index (χ3v) is 22.5. The fraction of sp³-hybridized carbons (Fsp3) is 0.905. The van der Waals surface area contributed by atoms with E-state index in [4.69, 9.17) is 51.0 Å². The van der Waals surface area contributed by atoms with Gasteiger partial charge in [0.1, 0.15) is 73.1 Å². The van der Waals surface area contributed by atoms with Crippen molar-refractivity contribution in [1.29, 1.82) is 0 Å². The van der Waals surface area contributed by atoms with Crippen molar-refractivity contribution in [3.8, 4) is 0 Å². The second kappa shape index (κ2) is 43.0. The van der Waals surface area contributed by atoms with Crippen molar-refractivity contribution < 1.29 is 164 Å². The Balaban J connectivity index is 1.01. The molecule has 3 aliphatic carbocycles. The zero-order chi connectivity index (χ0) is 78.2. The van der Waals surface area contributed by atoms with Gasteiger partial charge >= 0.3 is 23.5 Å². The van der Waals surface area contributed by atoms with Gasteiger partial charge in [-0.05, 0) is 116 Å². The Morgan fingerprint density at radius 3 is 0.877 bits per heavy atom. The normalized spacial score (nSPS) is 34.8. The summed E-state index contributed by atoms with van der Waals surface area (Å²) in [4.78, 5) is 117. The molecule has 40 nitrogen and oxygen atoms in total.